The summed E-state index contributed by atoms with van der Waals surface area (Å²) in [6.45, 7) is 2.21. The highest BCUT2D eigenvalue weighted by Crippen LogP contribution is 2.24. The van der Waals surface area contributed by atoms with Gasteiger partial charge in [-0.1, -0.05) is 6.07 Å². The second kappa shape index (κ2) is 7.03. The fraction of sp³-hybridized carbons (Fsp3) is 0.286. The predicted molar refractivity (Wildman–Crippen MR) is 79.9 cm³/mol. The van der Waals surface area contributed by atoms with E-state index >= 15 is 0 Å². The van der Waals surface area contributed by atoms with E-state index in [1.165, 1.54) is 11.2 Å². The first-order chi connectivity index (χ1) is 10.2. The Bertz CT molecular complexity index is 627. The zero-order valence-corrected chi connectivity index (χ0v) is 12.7. The minimum Gasteiger partial charge on any atom is -0.496 e. The molecule has 1 aromatic heterocycles. The number of esters is 1. The van der Waals surface area contributed by atoms with E-state index in [0.29, 0.717) is 29.4 Å². The van der Waals surface area contributed by atoms with Gasteiger partial charge in [0.2, 0.25) is 5.88 Å². The Hall–Kier alpha value is -2.15. The summed E-state index contributed by atoms with van der Waals surface area (Å²) >= 11 is 4.03. The maximum Gasteiger partial charge on any atom is 0.338 e. The molecule has 0 N–H and O–H groups in total. The molecule has 1 heterocycles. The van der Waals surface area contributed by atoms with Gasteiger partial charge >= 0.3 is 5.97 Å². The molecule has 1 aromatic carbocycles. The maximum atomic E-state index is 12.0. The lowest BCUT2D eigenvalue weighted by molar-refractivity contribution is 0.0522. The third-order valence-corrected chi connectivity index (χ3v) is 2.99. The van der Waals surface area contributed by atoms with E-state index in [1.54, 1.807) is 37.4 Å². The second-order valence-corrected chi connectivity index (χ2v) is 4.48. The molecule has 112 valence electrons. The number of thiol groups is 1. The SMILES string of the molecule is CCOC(=O)c1cccc(OC)c1COc1ccn(S)n1. The summed E-state index contributed by atoms with van der Waals surface area (Å²) in [5.41, 5.74) is 1.04. The lowest BCUT2D eigenvalue weighted by atomic mass is 10.1. The Balaban J connectivity index is 2.24. The van der Waals surface area contributed by atoms with Crippen molar-refractivity contribution in [1.82, 2.24) is 9.19 Å². The molecule has 0 atom stereocenters. The van der Waals surface area contributed by atoms with Crippen molar-refractivity contribution >= 4 is 18.8 Å². The molecule has 0 spiro atoms. The van der Waals surface area contributed by atoms with Gasteiger partial charge in [-0.3, -0.25) is 0 Å². The highest BCUT2D eigenvalue weighted by Gasteiger charge is 2.17. The highest BCUT2D eigenvalue weighted by atomic mass is 32.1. The van der Waals surface area contributed by atoms with Gasteiger partial charge in [0.15, 0.2) is 0 Å². The van der Waals surface area contributed by atoms with Gasteiger partial charge in [0.25, 0.3) is 0 Å². The predicted octanol–water partition coefficient (Wildman–Crippen LogP) is 2.34. The largest absolute Gasteiger partial charge is 0.496 e. The number of benzene rings is 1. The van der Waals surface area contributed by atoms with Gasteiger partial charge < -0.3 is 14.2 Å². The Kier molecular flexibility index (Phi) is 5.10. The van der Waals surface area contributed by atoms with Crippen molar-refractivity contribution in [2.24, 2.45) is 0 Å². The minimum absolute atomic E-state index is 0.142. The van der Waals surface area contributed by atoms with Crippen LogP contribution in [0.4, 0.5) is 0 Å². The van der Waals surface area contributed by atoms with Crippen LogP contribution in [0.1, 0.15) is 22.8 Å². The number of carbonyl (C=O) groups excluding carboxylic acids is 1. The van der Waals surface area contributed by atoms with Crippen LogP contribution in [0.3, 0.4) is 0 Å². The fourth-order valence-corrected chi connectivity index (χ4v) is 1.98. The summed E-state index contributed by atoms with van der Waals surface area (Å²) in [5, 5.41) is 3.99. The number of methoxy groups -OCH3 is 1. The van der Waals surface area contributed by atoms with Gasteiger partial charge in [0, 0.05) is 17.8 Å². The molecule has 0 saturated carbocycles. The topological polar surface area (TPSA) is 62.6 Å². The number of ether oxygens (including phenoxy) is 3. The Morgan fingerprint density at radius 1 is 1.38 bits per heavy atom. The van der Waals surface area contributed by atoms with E-state index in [0.717, 1.165) is 0 Å². The molecule has 0 radical (unpaired) electrons. The third kappa shape index (κ3) is 3.69. The van der Waals surface area contributed by atoms with Crippen LogP contribution in [-0.2, 0) is 11.3 Å². The van der Waals surface area contributed by atoms with Gasteiger partial charge in [0.1, 0.15) is 12.4 Å². The average molecular weight is 308 g/mol. The van der Waals surface area contributed by atoms with Crippen LogP contribution in [0, 0.1) is 0 Å². The van der Waals surface area contributed by atoms with Crippen LogP contribution in [0.5, 0.6) is 11.6 Å². The molecule has 2 rings (SSSR count). The number of rotatable bonds is 6. The molecule has 0 unspecified atom stereocenters. The smallest absolute Gasteiger partial charge is 0.338 e. The molecule has 0 fully saturated rings. The Morgan fingerprint density at radius 3 is 2.81 bits per heavy atom. The van der Waals surface area contributed by atoms with Crippen molar-refractivity contribution in [3.05, 3.63) is 41.6 Å². The number of aromatic nitrogens is 2. The number of hydrogen-bond acceptors (Lipinski definition) is 6. The van der Waals surface area contributed by atoms with Crippen molar-refractivity contribution < 1.29 is 19.0 Å². The summed E-state index contributed by atoms with van der Waals surface area (Å²) in [6, 6.07) is 6.85. The van der Waals surface area contributed by atoms with Crippen LogP contribution >= 0.6 is 12.8 Å². The van der Waals surface area contributed by atoms with Gasteiger partial charge in [-0.2, -0.15) is 0 Å². The van der Waals surface area contributed by atoms with E-state index in [1.807, 2.05) is 0 Å². The molecule has 0 aliphatic rings. The zero-order chi connectivity index (χ0) is 15.2. The van der Waals surface area contributed by atoms with E-state index in [-0.39, 0.29) is 6.61 Å². The lowest BCUT2D eigenvalue weighted by Gasteiger charge is -2.13. The summed E-state index contributed by atoms with van der Waals surface area (Å²) in [7, 11) is 1.54. The van der Waals surface area contributed by atoms with Gasteiger partial charge in [-0.25, -0.2) is 8.88 Å². The van der Waals surface area contributed by atoms with Crippen molar-refractivity contribution in [1.29, 1.82) is 0 Å². The standard InChI is InChI=1S/C14H16N2O4S/c1-3-19-14(17)10-5-4-6-12(18-2)11(10)9-20-13-7-8-16(21)15-13/h4-8,21H,3,9H2,1-2H3. The van der Waals surface area contributed by atoms with Crippen LogP contribution in [0.15, 0.2) is 30.5 Å². The van der Waals surface area contributed by atoms with Crippen molar-refractivity contribution in [3.8, 4) is 11.6 Å². The third-order valence-electron chi connectivity index (χ3n) is 2.76. The number of hydrogen-bond donors (Lipinski definition) is 1. The first-order valence-electron chi connectivity index (χ1n) is 6.36. The molecule has 0 aliphatic heterocycles. The maximum absolute atomic E-state index is 12.0. The molecule has 7 heteroatoms. The van der Waals surface area contributed by atoms with Crippen LogP contribution in [0.25, 0.3) is 0 Å². The van der Waals surface area contributed by atoms with Crippen LogP contribution in [0.2, 0.25) is 0 Å². The number of nitrogens with zero attached hydrogens (tertiary/aromatic N) is 2. The molecule has 0 saturated heterocycles. The van der Waals surface area contributed by atoms with Crippen molar-refractivity contribution in [2.75, 3.05) is 13.7 Å². The Labute approximate surface area is 128 Å². The highest BCUT2D eigenvalue weighted by molar-refractivity contribution is 7.78. The molecule has 0 bridgehead atoms. The van der Waals surface area contributed by atoms with Crippen molar-refractivity contribution in [2.45, 2.75) is 13.5 Å². The lowest BCUT2D eigenvalue weighted by Crippen LogP contribution is -2.11. The summed E-state index contributed by atoms with van der Waals surface area (Å²) < 4.78 is 17.2. The van der Waals surface area contributed by atoms with E-state index < -0.39 is 5.97 Å². The van der Waals surface area contributed by atoms with E-state index in [4.69, 9.17) is 14.2 Å². The molecular formula is C14H16N2O4S. The molecular weight excluding hydrogens is 292 g/mol. The van der Waals surface area contributed by atoms with Crippen molar-refractivity contribution in [3.63, 3.8) is 0 Å². The minimum atomic E-state index is -0.408. The normalized spacial score (nSPS) is 10.2. The monoisotopic (exact) mass is 308 g/mol. The molecule has 0 aliphatic carbocycles. The van der Waals surface area contributed by atoms with Gasteiger partial charge in [-0.05, 0) is 31.9 Å². The van der Waals surface area contributed by atoms with Crippen LogP contribution < -0.4 is 9.47 Å². The molecule has 2 aromatic rings. The number of carbonyl (C=O) groups is 1. The first-order valence-corrected chi connectivity index (χ1v) is 6.76. The molecule has 6 nitrogen and oxygen atoms in total. The molecule has 21 heavy (non-hydrogen) atoms. The van der Waals surface area contributed by atoms with E-state index in [9.17, 15) is 4.79 Å². The fourth-order valence-electron chi connectivity index (χ4n) is 1.83. The Morgan fingerprint density at radius 2 is 2.19 bits per heavy atom. The molecule has 0 amide bonds. The average Bonchev–Trinajstić information content (AvgIpc) is 2.90. The quantitative estimate of drug-likeness (QED) is 0.655. The van der Waals surface area contributed by atoms with E-state index in [2.05, 4.69) is 17.9 Å². The van der Waals surface area contributed by atoms with Crippen LogP contribution in [-0.4, -0.2) is 28.9 Å². The summed E-state index contributed by atoms with van der Waals surface area (Å²) in [6.07, 6.45) is 1.65. The van der Waals surface area contributed by atoms with Gasteiger partial charge in [-0.15, -0.1) is 5.10 Å². The summed E-state index contributed by atoms with van der Waals surface area (Å²) in [4.78, 5) is 12.0. The second-order valence-electron chi connectivity index (χ2n) is 4.07. The summed E-state index contributed by atoms with van der Waals surface area (Å²) in [5.74, 6) is 0.561. The zero-order valence-electron chi connectivity index (χ0n) is 11.8. The first kappa shape index (κ1) is 15.2. The van der Waals surface area contributed by atoms with Gasteiger partial charge in [0.05, 0.1) is 19.3 Å².